The third-order valence-corrected chi connectivity index (χ3v) is 8.78. The van der Waals surface area contributed by atoms with Crippen LogP contribution in [0.1, 0.15) is 26.7 Å². The van der Waals surface area contributed by atoms with Gasteiger partial charge in [-0.05, 0) is 49.2 Å². The molecule has 4 atom stereocenters. The normalized spacial score (nSPS) is 13.2. The summed E-state index contributed by atoms with van der Waals surface area (Å²) in [6.07, 6.45) is 10.2. The largest absolute Gasteiger partial charge is 0.457 e. The quantitative estimate of drug-likeness (QED) is 0.0657. The van der Waals surface area contributed by atoms with E-state index in [0.29, 0.717) is 56.3 Å². The van der Waals surface area contributed by atoms with Gasteiger partial charge in [-0.2, -0.15) is 0 Å². The van der Waals surface area contributed by atoms with Crippen molar-refractivity contribution < 1.29 is 39.0 Å². The lowest BCUT2D eigenvalue weighted by Gasteiger charge is -2.29. The molecule has 4 N–H and O–H groups in total. The van der Waals surface area contributed by atoms with E-state index in [1.165, 1.54) is 0 Å². The van der Waals surface area contributed by atoms with Gasteiger partial charge in [-0.3, -0.25) is 0 Å². The van der Waals surface area contributed by atoms with Gasteiger partial charge in [-0.25, -0.2) is 18.3 Å². The van der Waals surface area contributed by atoms with Crippen LogP contribution < -0.4 is 28.4 Å². The van der Waals surface area contributed by atoms with E-state index in [9.17, 15) is 20.4 Å². The summed E-state index contributed by atoms with van der Waals surface area (Å²) in [5, 5.41) is 42.7. The van der Waals surface area contributed by atoms with Crippen LogP contribution in [0.4, 0.5) is 11.4 Å². The van der Waals surface area contributed by atoms with Crippen molar-refractivity contribution in [1.82, 2.24) is 9.13 Å². The fourth-order valence-corrected chi connectivity index (χ4v) is 5.89. The molecule has 0 spiro atoms. The highest BCUT2D eigenvalue weighted by Crippen LogP contribution is 2.31. The molecule has 12 heteroatoms. The van der Waals surface area contributed by atoms with E-state index in [-0.39, 0.29) is 27.9 Å². The maximum Gasteiger partial charge on any atom is 0.243 e. The molecular formula is C42H60N6O6. The molecule has 0 amide bonds. The summed E-state index contributed by atoms with van der Waals surface area (Å²) in [6, 6.07) is 22.9. The summed E-state index contributed by atoms with van der Waals surface area (Å²) in [5.74, 6) is 2.57. The lowest BCUT2D eigenvalue weighted by atomic mass is 10.2. The number of aromatic nitrogens is 4. The van der Waals surface area contributed by atoms with Gasteiger partial charge >= 0.3 is 0 Å². The Morgan fingerprint density at radius 2 is 1.00 bits per heavy atom. The van der Waals surface area contributed by atoms with Gasteiger partial charge in [0.15, 0.2) is 0 Å². The van der Waals surface area contributed by atoms with Crippen LogP contribution in [0.5, 0.6) is 23.0 Å². The first-order valence-corrected chi connectivity index (χ1v) is 18.0. The van der Waals surface area contributed by atoms with Crippen molar-refractivity contribution in [3.8, 4) is 23.0 Å². The maximum absolute atomic E-state index is 11.3. The van der Waals surface area contributed by atoms with Gasteiger partial charge in [0.2, 0.25) is 12.7 Å². The van der Waals surface area contributed by atoms with E-state index >= 15 is 0 Å². The third kappa shape index (κ3) is 13.2. The van der Waals surface area contributed by atoms with E-state index in [0.717, 1.165) is 17.1 Å². The van der Waals surface area contributed by atoms with E-state index in [1.54, 1.807) is 0 Å². The second-order valence-electron chi connectivity index (χ2n) is 13.5. The van der Waals surface area contributed by atoms with Crippen molar-refractivity contribution in [2.75, 3.05) is 37.0 Å². The molecule has 12 nitrogen and oxygen atoms in total. The predicted molar refractivity (Wildman–Crippen MR) is 213 cm³/mol. The Labute approximate surface area is 321 Å². The maximum atomic E-state index is 11.3. The van der Waals surface area contributed by atoms with Crippen LogP contribution in [-0.2, 0) is 26.2 Å². The number of ether oxygens (including phenoxy) is 2. The number of nitrogens with zero attached hydrogens (tertiary/aromatic N) is 6. The van der Waals surface area contributed by atoms with Crippen LogP contribution in [-0.4, -0.2) is 81.2 Å². The Bertz CT molecular complexity index is 1770. The van der Waals surface area contributed by atoms with Gasteiger partial charge < -0.3 is 54.6 Å². The van der Waals surface area contributed by atoms with Crippen molar-refractivity contribution in [2.24, 2.45) is 0 Å². The minimum Gasteiger partial charge on any atom is -0.457 e. The van der Waals surface area contributed by atoms with Crippen molar-refractivity contribution in [3.63, 3.8) is 0 Å². The zero-order valence-corrected chi connectivity index (χ0v) is 32.6. The Kier molecular flexibility index (Phi) is 17.0. The molecule has 3 aromatic carbocycles. The number of aliphatic hydroxyl groups excluding tert-OH is 4. The van der Waals surface area contributed by atoms with Gasteiger partial charge in [0, 0.05) is 56.8 Å². The molecule has 4 unspecified atom stereocenters. The van der Waals surface area contributed by atoms with Crippen LogP contribution in [0.25, 0.3) is 0 Å². The second-order valence-corrected chi connectivity index (χ2v) is 13.5. The van der Waals surface area contributed by atoms with Gasteiger partial charge in [-0.1, -0.05) is 32.0 Å². The second kappa shape index (κ2) is 21.1. The Morgan fingerprint density at radius 1 is 0.593 bits per heavy atom. The average molecular weight is 745 g/mol. The van der Waals surface area contributed by atoms with Crippen LogP contribution >= 0.6 is 0 Å². The van der Waals surface area contributed by atoms with E-state index in [1.807, 2.05) is 166 Å². The molecule has 0 saturated carbocycles. The van der Waals surface area contributed by atoms with Crippen molar-refractivity contribution in [3.05, 3.63) is 125 Å². The molecule has 0 aliphatic rings. The lowest BCUT2D eigenvalue weighted by Crippen LogP contribution is -2.48. The van der Waals surface area contributed by atoms with Crippen LogP contribution in [0.3, 0.4) is 0 Å². The van der Waals surface area contributed by atoms with Crippen molar-refractivity contribution in [1.29, 1.82) is 0 Å². The number of anilines is 2. The average Bonchev–Trinajstić information content (AvgIpc) is 3.76. The zero-order valence-electron chi connectivity index (χ0n) is 32.6. The molecular weight excluding hydrogens is 684 g/mol. The van der Waals surface area contributed by atoms with Crippen LogP contribution in [0.15, 0.2) is 110 Å². The first-order chi connectivity index (χ1) is 25.1. The lowest BCUT2D eigenvalue weighted by molar-refractivity contribution is -0.703. The monoisotopic (exact) mass is 744 g/mol. The summed E-state index contributed by atoms with van der Waals surface area (Å²) in [7, 11) is 3.97. The number of aliphatic hydroxyl groups is 4. The fourth-order valence-electron chi connectivity index (χ4n) is 5.89. The molecule has 0 saturated heterocycles. The first-order valence-electron chi connectivity index (χ1n) is 18.0. The summed E-state index contributed by atoms with van der Waals surface area (Å²) in [5.41, 5.74) is 1.82. The van der Waals surface area contributed by atoms with E-state index in [2.05, 4.69) is 0 Å². The van der Waals surface area contributed by atoms with Gasteiger partial charge in [0.25, 0.3) is 0 Å². The molecule has 0 aliphatic heterocycles. The molecule has 5 aromatic rings. The Balaban J connectivity index is 0.00000392. The standard InChI is InChI=1S/C40H54N6O6.2CH3/c1-5-33(47)23-42-16-18-44(29-42)25-35(49)27-46(28-36(50)26-45-19-17-43(30-45)24-34(48)6-2)32-11-8-13-38(21-32)52-40-15-9-14-39(22-40)51-37-12-7-10-31(20-37)41(3)4;;/h7-22,29-30,33-36,47-50H,5-6,23-28H2,1-4H3;2*1H3/q+2;2*-1. The smallest absolute Gasteiger partial charge is 0.243 e. The minimum atomic E-state index is -0.766. The number of hydrogen-bond acceptors (Lipinski definition) is 8. The topological polar surface area (TPSA) is 123 Å². The predicted octanol–water partition coefficient (Wildman–Crippen LogP) is 4.89. The number of hydrogen-bond donors (Lipinski definition) is 4. The van der Waals surface area contributed by atoms with E-state index in [4.69, 9.17) is 9.47 Å². The first kappa shape index (κ1) is 43.5. The Morgan fingerprint density at radius 3 is 1.44 bits per heavy atom. The number of rotatable bonds is 20. The summed E-state index contributed by atoms with van der Waals surface area (Å²) in [6.45, 7) is 6.02. The Hall–Kier alpha value is -4.88. The van der Waals surface area contributed by atoms with Crippen LogP contribution in [0, 0.1) is 14.9 Å². The number of benzene rings is 3. The molecule has 0 fully saturated rings. The molecule has 5 rings (SSSR count). The van der Waals surface area contributed by atoms with Gasteiger partial charge in [-0.15, -0.1) is 0 Å². The molecule has 54 heavy (non-hydrogen) atoms. The molecule has 2 aromatic heterocycles. The highest BCUT2D eigenvalue weighted by molar-refractivity contribution is 5.53. The SMILES string of the molecule is CCC(O)Cn1cc[n+](CC(O)CN(CC(O)C[n+]2ccn(CC(O)CC)c2)c2cccc(Oc3cccc(Oc4cccc(N(C)C)c4)c3)c2)c1.[CH3-].[CH3-]. The van der Waals surface area contributed by atoms with Gasteiger partial charge in [0.1, 0.15) is 86.2 Å². The number of imidazole rings is 2. The van der Waals surface area contributed by atoms with Crippen LogP contribution in [0.2, 0.25) is 0 Å². The zero-order chi connectivity index (χ0) is 37.0. The highest BCUT2D eigenvalue weighted by Gasteiger charge is 2.22. The molecule has 294 valence electrons. The summed E-state index contributed by atoms with van der Waals surface area (Å²) >= 11 is 0. The molecule has 0 aliphatic carbocycles. The highest BCUT2D eigenvalue weighted by atomic mass is 16.5. The third-order valence-electron chi connectivity index (χ3n) is 8.78. The van der Waals surface area contributed by atoms with Crippen molar-refractivity contribution >= 4 is 11.4 Å². The van der Waals surface area contributed by atoms with Gasteiger partial charge in [0.05, 0.1) is 12.2 Å². The summed E-state index contributed by atoms with van der Waals surface area (Å²) in [4.78, 5) is 3.99. The minimum absolute atomic E-state index is 0. The van der Waals surface area contributed by atoms with Crippen molar-refractivity contribution in [2.45, 2.75) is 77.3 Å². The summed E-state index contributed by atoms with van der Waals surface area (Å²) < 4.78 is 20.1. The molecule has 0 bridgehead atoms. The van der Waals surface area contributed by atoms with E-state index < -0.39 is 24.4 Å². The molecule has 2 heterocycles. The fraction of sp³-hybridized carbons (Fsp3) is 0.381. The molecule has 0 radical (unpaired) electrons.